The van der Waals surface area contributed by atoms with Crippen molar-refractivity contribution in [2.45, 2.75) is 6.54 Å². The fourth-order valence-corrected chi connectivity index (χ4v) is 1.82. The molecular weight excluding hydrogens is 220 g/mol. The van der Waals surface area contributed by atoms with Gasteiger partial charge in [0.2, 0.25) is 0 Å². The Hall–Kier alpha value is -2.34. The first-order chi connectivity index (χ1) is 8.28. The standard InChI is InChI=1S/C11H10N4O2/c12-4-8-10(14-5-13-8)6-1-2-9-7(3-6)15-11(16)17-9/h1-3,5H,4,12H2,(H,13,14)(H,15,16). The number of fused-ring (bicyclic) bond motifs is 1. The summed E-state index contributed by atoms with van der Waals surface area (Å²) >= 11 is 0. The maximum absolute atomic E-state index is 11.0. The highest BCUT2D eigenvalue weighted by Crippen LogP contribution is 2.23. The minimum absolute atomic E-state index is 0.384. The molecule has 6 heteroatoms. The highest BCUT2D eigenvalue weighted by molar-refractivity contribution is 5.79. The summed E-state index contributed by atoms with van der Waals surface area (Å²) in [5.74, 6) is -0.460. The Bertz CT molecular complexity index is 722. The quantitative estimate of drug-likeness (QED) is 0.610. The topological polar surface area (TPSA) is 101 Å². The van der Waals surface area contributed by atoms with Crippen molar-refractivity contribution in [2.24, 2.45) is 5.73 Å². The molecule has 3 aromatic rings. The number of hydrogen-bond acceptors (Lipinski definition) is 4. The molecule has 0 radical (unpaired) electrons. The van der Waals surface area contributed by atoms with E-state index in [0.717, 1.165) is 17.0 Å². The van der Waals surface area contributed by atoms with E-state index in [4.69, 9.17) is 10.2 Å². The average molecular weight is 230 g/mol. The third-order valence-electron chi connectivity index (χ3n) is 2.61. The fourth-order valence-electron chi connectivity index (χ4n) is 1.82. The minimum Gasteiger partial charge on any atom is -0.408 e. The molecule has 1 aromatic carbocycles. The van der Waals surface area contributed by atoms with Gasteiger partial charge in [0.25, 0.3) is 0 Å². The number of nitrogens with zero attached hydrogens (tertiary/aromatic N) is 1. The molecule has 3 rings (SSSR count). The van der Waals surface area contributed by atoms with Crippen LogP contribution in [0.25, 0.3) is 22.4 Å². The van der Waals surface area contributed by atoms with Crippen molar-refractivity contribution >= 4 is 11.1 Å². The highest BCUT2D eigenvalue weighted by atomic mass is 16.4. The van der Waals surface area contributed by atoms with E-state index < -0.39 is 5.76 Å². The van der Waals surface area contributed by atoms with Crippen molar-refractivity contribution in [1.82, 2.24) is 15.0 Å². The van der Waals surface area contributed by atoms with Gasteiger partial charge in [-0.1, -0.05) is 0 Å². The predicted molar refractivity (Wildman–Crippen MR) is 62.3 cm³/mol. The molecule has 0 spiro atoms. The Balaban J connectivity index is 2.20. The second-order valence-electron chi connectivity index (χ2n) is 3.66. The number of oxazole rings is 1. The third kappa shape index (κ3) is 1.55. The molecule has 0 aliphatic carbocycles. The molecule has 17 heavy (non-hydrogen) atoms. The van der Waals surface area contributed by atoms with Gasteiger partial charge in [0.1, 0.15) is 0 Å². The maximum Gasteiger partial charge on any atom is 0.417 e. The van der Waals surface area contributed by atoms with Gasteiger partial charge < -0.3 is 15.1 Å². The summed E-state index contributed by atoms with van der Waals surface area (Å²) in [6.45, 7) is 0.384. The molecule has 0 aliphatic heterocycles. The number of hydrogen-bond donors (Lipinski definition) is 3. The molecule has 4 N–H and O–H groups in total. The summed E-state index contributed by atoms with van der Waals surface area (Å²) in [5, 5.41) is 0. The molecule has 0 unspecified atom stereocenters. The summed E-state index contributed by atoms with van der Waals surface area (Å²) < 4.78 is 4.93. The van der Waals surface area contributed by atoms with Crippen molar-refractivity contribution in [3.8, 4) is 11.3 Å². The molecule has 0 saturated carbocycles. The normalized spacial score (nSPS) is 11.1. The van der Waals surface area contributed by atoms with Gasteiger partial charge in [0, 0.05) is 12.1 Å². The van der Waals surface area contributed by atoms with Crippen LogP contribution in [0.4, 0.5) is 0 Å². The van der Waals surface area contributed by atoms with Crippen molar-refractivity contribution < 1.29 is 4.42 Å². The van der Waals surface area contributed by atoms with E-state index in [-0.39, 0.29) is 0 Å². The first kappa shape index (κ1) is 9.86. The molecule has 0 saturated heterocycles. The molecule has 0 amide bonds. The molecule has 86 valence electrons. The number of aromatic nitrogens is 3. The van der Waals surface area contributed by atoms with E-state index in [1.54, 1.807) is 12.4 Å². The van der Waals surface area contributed by atoms with Gasteiger partial charge in [-0.05, 0) is 18.2 Å². The van der Waals surface area contributed by atoms with E-state index in [0.29, 0.717) is 17.6 Å². The Labute approximate surface area is 95.5 Å². The number of nitrogens with two attached hydrogens (primary N) is 1. The lowest BCUT2D eigenvalue weighted by atomic mass is 10.1. The number of nitrogens with one attached hydrogen (secondary N) is 2. The van der Waals surface area contributed by atoms with Crippen LogP contribution < -0.4 is 11.5 Å². The summed E-state index contributed by atoms with van der Waals surface area (Å²) in [5.41, 5.74) is 9.31. The monoisotopic (exact) mass is 230 g/mol. The maximum atomic E-state index is 11.0. The second kappa shape index (κ2) is 3.60. The van der Waals surface area contributed by atoms with Crippen molar-refractivity contribution in [2.75, 3.05) is 0 Å². The van der Waals surface area contributed by atoms with Crippen molar-refractivity contribution in [3.05, 3.63) is 40.8 Å². The molecule has 6 nitrogen and oxygen atoms in total. The van der Waals surface area contributed by atoms with Crippen molar-refractivity contribution in [3.63, 3.8) is 0 Å². The molecule has 0 atom stereocenters. The lowest BCUT2D eigenvalue weighted by Crippen LogP contribution is -1.98. The number of H-pyrrole nitrogens is 2. The number of aromatic amines is 2. The minimum atomic E-state index is -0.460. The molecule has 0 aliphatic rings. The van der Waals surface area contributed by atoms with E-state index in [1.807, 2.05) is 12.1 Å². The summed E-state index contributed by atoms with van der Waals surface area (Å²) in [7, 11) is 0. The Morgan fingerprint density at radius 2 is 2.29 bits per heavy atom. The lowest BCUT2D eigenvalue weighted by Gasteiger charge is -1.99. The summed E-state index contributed by atoms with van der Waals surface area (Å²) in [4.78, 5) is 20.8. The largest absolute Gasteiger partial charge is 0.417 e. The molecule has 2 heterocycles. The molecule has 0 fully saturated rings. The van der Waals surface area contributed by atoms with E-state index >= 15 is 0 Å². The fraction of sp³-hybridized carbons (Fsp3) is 0.0909. The Morgan fingerprint density at radius 3 is 3.12 bits per heavy atom. The van der Waals surface area contributed by atoms with Gasteiger partial charge in [-0.15, -0.1) is 0 Å². The number of rotatable bonds is 2. The molecule has 2 aromatic heterocycles. The van der Waals surface area contributed by atoms with Crippen LogP contribution in [0, 0.1) is 0 Å². The van der Waals surface area contributed by atoms with Gasteiger partial charge in [-0.25, -0.2) is 9.78 Å². The van der Waals surface area contributed by atoms with Crippen LogP contribution >= 0.6 is 0 Å². The highest BCUT2D eigenvalue weighted by Gasteiger charge is 2.09. The first-order valence-corrected chi connectivity index (χ1v) is 5.13. The van der Waals surface area contributed by atoms with Gasteiger partial charge in [-0.3, -0.25) is 4.98 Å². The van der Waals surface area contributed by atoms with Crippen LogP contribution in [0.15, 0.2) is 33.7 Å². The second-order valence-corrected chi connectivity index (χ2v) is 3.66. The van der Waals surface area contributed by atoms with Crippen LogP contribution in [-0.2, 0) is 6.54 Å². The SMILES string of the molecule is NCc1[nH]cnc1-c1ccc2oc(=O)[nH]c2c1. The smallest absolute Gasteiger partial charge is 0.408 e. The summed E-state index contributed by atoms with van der Waals surface area (Å²) in [6.07, 6.45) is 1.60. The average Bonchev–Trinajstić information content (AvgIpc) is 2.91. The third-order valence-corrected chi connectivity index (χ3v) is 2.61. The van der Waals surface area contributed by atoms with Crippen LogP contribution in [0.3, 0.4) is 0 Å². The predicted octanol–water partition coefficient (Wildman–Crippen LogP) is 0.970. The van der Waals surface area contributed by atoms with Crippen LogP contribution in [0.5, 0.6) is 0 Å². The van der Waals surface area contributed by atoms with Gasteiger partial charge in [0.15, 0.2) is 5.58 Å². The van der Waals surface area contributed by atoms with Crippen LogP contribution in [-0.4, -0.2) is 15.0 Å². The zero-order valence-corrected chi connectivity index (χ0v) is 8.86. The molecule has 0 bridgehead atoms. The van der Waals surface area contributed by atoms with Crippen LogP contribution in [0.2, 0.25) is 0 Å². The van der Waals surface area contributed by atoms with Crippen molar-refractivity contribution in [1.29, 1.82) is 0 Å². The van der Waals surface area contributed by atoms with Gasteiger partial charge in [0.05, 0.1) is 23.2 Å². The van der Waals surface area contributed by atoms with Crippen LogP contribution in [0.1, 0.15) is 5.69 Å². The van der Waals surface area contributed by atoms with E-state index in [9.17, 15) is 4.79 Å². The summed E-state index contributed by atoms with van der Waals surface area (Å²) in [6, 6.07) is 5.39. The Kier molecular flexibility index (Phi) is 2.09. The zero-order chi connectivity index (χ0) is 11.8. The first-order valence-electron chi connectivity index (χ1n) is 5.13. The zero-order valence-electron chi connectivity index (χ0n) is 8.86. The van der Waals surface area contributed by atoms with E-state index in [1.165, 1.54) is 0 Å². The number of imidazole rings is 1. The van der Waals surface area contributed by atoms with Gasteiger partial charge in [-0.2, -0.15) is 0 Å². The molecular formula is C11H10N4O2. The number of benzene rings is 1. The Morgan fingerprint density at radius 1 is 1.41 bits per heavy atom. The van der Waals surface area contributed by atoms with Gasteiger partial charge >= 0.3 is 5.76 Å². The van der Waals surface area contributed by atoms with E-state index in [2.05, 4.69) is 15.0 Å². The lowest BCUT2D eigenvalue weighted by molar-refractivity contribution is 0.555.